The van der Waals surface area contributed by atoms with Gasteiger partial charge in [0, 0.05) is 58.4 Å². The molecule has 49 heavy (non-hydrogen) atoms. The van der Waals surface area contributed by atoms with Crippen molar-refractivity contribution in [2.45, 2.75) is 0 Å². The molecule has 3 aromatic heterocycles. The van der Waals surface area contributed by atoms with E-state index >= 15 is 0 Å². The van der Waals surface area contributed by atoms with Crippen LogP contribution < -0.4 is 0 Å². The molecule has 10 aromatic rings. The zero-order valence-electron chi connectivity index (χ0n) is 26.3. The van der Waals surface area contributed by atoms with Crippen molar-refractivity contribution in [2.75, 3.05) is 0 Å². The van der Waals surface area contributed by atoms with Gasteiger partial charge in [0.15, 0.2) is 5.82 Å². The van der Waals surface area contributed by atoms with Gasteiger partial charge in [-0.2, -0.15) is 0 Å². The van der Waals surface area contributed by atoms with Crippen LogP contribution in [0.1, 0.15) is 0 Å². The molecule has 0 aliphatic rings. The zero-order chi connectivity index (χ0) is 32.3. The van der Waals surface area contributed by atoms with Crippen LogP contribution in [0, 0.1) is 0 Å². The first-order valence-corrected chi connectivity index (χ1v) is 17.3. The smallest absolute Gasteiger partial charge is 0.161 e. The number of hydrogen-bond donors (Lipinski definition) is 0. The quantitative estimate of drug-likeness (QED) is 0.180. The molecule has 0 amide bonds. The van der Waals surface area contributed by atoms with Crippen LogP contribution in [-0.4, -0.2) is 15.0 Å². The van der Waals surface area contributed by atoms with Gasteiger partial charge in [0.2, 0.25) is 0 Å². The maximum Gasteiger partial charge on any atom is 0.161 e. The number of aromatic nitrogens is 3. The fourth-order valence-electron chi connectivity index (χ4n) is 7.19. The number of rotatable bonds is 4. The first kappa shape index (κ1) is 27.8. The van der Waals surface area contributed by atoms with Crippen molar-refractivity contribution >= 4 is 64.1 Å². The topological polar surface area (TPSA) is 38.7 Å². The molecule has 0 fully saturated rings. The van der Waals surface area contributed by atoms with E-state index in [1.807, 2.05) is 17.4 Å². The van der Waals surface area contributed by atoms with E-state index in [0.29, 0.717) is 0 Å². The van der Waals surface area contributed by atoms with Gasteiger partial charge >= 0.3 is 0 Å². The van der Waals surface area contributed by atoms with E-state index in [-0.39, 0.29) is 0 Å². The SMILES string of the molecule is c1ccc(-c2ccc(-c3nc(-c4cccc5sc6c(ccc7c(-c8ccccc8)nc8ccccc8c76)c45)nc4ccccc34)cc2)cc1. The zero-order valence-corrected chi connectivity index (χ0v) is 27.2. The monoisotopic (exact) mass is 641 g/mol. The minimum Gasteiger partial charge on any atom is -0.247 e. The Hall–Kier alpha value is -6.23. The number of nitrogens with zero attached hydrogens (tertiary/aromatic N) is 3. The van der Waals surface area contributed by atoms with Gasteiger partial charge in [0.25, 0.3) is 0 Å². The summed E-state index contributed by atoms with van der Waals surface area (Å²) in [4.78, 5) is 15.7. The lowest BCUT2D eigenvalue weighted by Gasteiger charge is -2.12. The Morgan fingerprint density at radius 2 is 0.918 bits per heavy atom. The molecule has 0 saturated carbocycles. The Bertz CT molecular complexity index is 2860. The third kappa shape index (κ3) is 4.53. The van der Waals surface area contributed by atoms with Gasteiger partial charge < -0.3 is 0 Å². The maximum absolute atomic E-state index is 5.33. The highest BCUT2D eigenvalue weighted by Crippen LogP contribution is 2.46. The summed E-state index contributed by atoms with van der Waals surface area (Å²) in [5.41, 5.74) is 9.49. The van der Waals surface area contributed by atoms with Gasteiger partial charge in [-0.3, -0.25) is 0 Å². The molecular weight excluding hydrogens is 615 g/mol. The lowest BCUT2D eigenvalue weighted by atomic mass is 9.97. The summed E-state index contributed by atoms with van der Waals surface area (Å²) in [6.07, 6.45) is 0. The van der Waals surface area contributed by atoms with Crippen LogP contribution >= 0.6 is 11.3 Å². The van der Waals surface area contributed by atoms with Gasteiger partial charge in [-0.05, 0) is 29.3 Å². The minimum atomic E-state index is 0.732. The second-order valence-corrected chi connectivity index (χ2v) is 13.4. The Morgan fingerprint density at radius 1 is 0.347 bits per heavy atom. The summed E-state index contributed by atoms with van der Waals surface area (Å²) in [7, 11) is 0. The largest absolute Gasteiger partial charge is 0.247 e. The molecular formula is C45H27N3S. The Balaban J connectivity index is 1.22. The van der Waals surface area contributed by atoms with Crippen LogP contribution in [-0.2, 0) is 0 Å². The molecule has 0 bridgehead atoms. The van der Waals surface area contributed by atoms with E-state index in [9.17, 15) is 0 Å². The van der Waals surface area contributed by atoms with Gasteiger partial charge in [-0.1, -0.05) is 146 Å². The lowest BCUT2D eigenvalue weighted by Crippen LogP contribution is -1.95. The lowest BCUT2D eigenvalue weighted by molar-refractivity contribution is 1.23. The number of fused-ring (bicyclic) bond motifs is 8. The van der Waals surface area contributed by atoms with Crippen molar-refractivity contribution in [1.82, 2.24) is 15.0 Å². The molecule has 10 rings (SSSR count). The predicted octanol–water partition coefficient (Wildman–Crippen LogP) is 12.4. The highest BCUT2D eigenvalue weighted by Gasteiger charge is 2.20. The second kappa shape index (κ2) is 11.2. The average Bonchev–Trinajstić information content (AvgIpc) is 3.57. The van der Waals surface area contributed by atoms with Crippen molar-refractivity contribution in [3.8, 4) is 45.0 Å². The highest BCUT2D eigenvalue weighted by atomic mass is 32.1. The number of thiophene rings is 1. The summed E-state index contributed by atoms with van der Waals surface area (Å²) in [6, 6.07) is 57.6. The molecule has 0 aliphatic heterocycles. The predicted molar refractivity (Wildman–Crippen MR) is 207 cm³/mol. The van der Waals surface area contributed by atoms with Crippen molar-refractivity contribution in [1.29, 1.82) is 0 Å². The maximum atomic E-state index is 5.33. The normalized spacial score (nSPS) is 11.7. The van der Waals surface area contributed by atoms with Crippen LogP contribution in [0.4, 0.5) is 0 Å². The van der Waals surface area contributed by atoms with Gasteiger partial charge in [0.1, 0.15) is 0 Å². The van der Waals surface area contributed by atoms with E-state index < -0.39 is 0 Å². The molecule has 228 valence electrons. The van der Waals surface area contributed by atoms with Crippen LogP contribution in [0.3, 0.4) is 0 Å². The Labute approximate surface area is 286 Å². The molecule has 0 radical (unpaired) electrons. The summed E-state index contributed by atoms with van der Waals surface area (Å²) >= 11 is 1.84. The van der Waals surface area contributed by atoms with E-state index in [1.54, 1.807) is 0 Å². The molecule has 0 aliphatic carbocycles. The fourth-order valence-corrected chi connectivity index (χ4v) is 8.48. The first-order valence-electron chi connectivity index (χ1n) is 16.5. The molecule has 0 spiro atoms. The summed E-state index contributed by atoms with van der Waals surface area (Å²) in [5, 5.41) is 7.01. The van der Waals surface area contributed by atoms with Crippen molar-refractivity contribution < 1.29 is 0 Å². The van der Waals surface area contributed by atoms with Crippen molar-refractivity contribution in [3.05, 3.63) is 164 Å². The van der Waals surface area contributed by atoms with Crippen LogP contribution in [0.2, 0.25) is 0 Å². The molecule has 3 heterocycles. The molecule has 0 unspecified atom stereocenters. The molecule has 0 saturated heterocycles. The number of para-hydroxylation sites is 2. The van der Waals surface area contributed by atoms with Crippen LogP contribution in [0.25, 0.3) is 97.8 Å². The number of benzene rings is 7. The second-order valence-electron chi connectivity index (χ2n) is 12.3. The minimum absolute atomic E-state index is 0.732. The van der Waals surface area contributed by atoms with Crippen LogP contribution in [0.15, 0.2) is 164 Å². The summed E-state index contributed by atoms with van der Waals surface area (Å²) < 4.78 is 2.47. The van der Waals surface area contributed by atoms with Gasteiger partial charge in [-0.15, -0.1) is 11.3 Å². The van der Waals surface area contributed by atoms with E-state index in [0.717, 1.165) is 55.7 Å². The molecule has 0 atom stereocenters. The van der Waals surface area contributed by atoms with E-state index in [1.165, 1.54) is 42.1 Å². The highest BCUT2D eigenvalue weighted by molar-refractivity contribution is 7.27. The fraction of sp³-hybridized carbons (Fsp3) is 0. The molecule has 4 heteroatoms. The Kier molecular flexibility index (Phi) is 6.36. The standard InChI is InChI=1S/C45H27N3S/c1-3-12-28(13-4-1)29-22-24-31(25-23-29)42-33-17-8-10-20-38(33)47-45(48-42)36-18-11-21-39-40(36)35-27-26-34-41(44(35)49-39)32-16-7-9-19-37(32)46-43(34)30-14-5-2-6-15-30/h1-27H. The number of hydrogen-bond acceptors (Lipinski definition) is 4. The van der Waals surface area contributed by atoms with Crippen LogP contribution in [0.5, 0.6) is 0 Å². The van der Waals surface area contributed by atoms with Crippen molar-refractivity contribution in [3.63, 3.8) is 0 Å². The van der Waals surface area contributed by atoms with E-state index in [4.69, 9.17) is 15.0 Å². The Morgan fingerprint density at radius 3 is 1.69 bits per heavy atom. The summed E-state index contributed by atoms with van der Waals surface area (Å²) in [6.45, 7) is 0. The molecule has 3 nitrogen and oxygen atoms in total. The summed E-state index contributed by atoms with van der Waals surface area (Å²) in [5.74, 6) is 0.732. The van der Waals surface area contributed by atoms with Gasteiger partial charge in [0.05, 0.1) is 22.4 Å². The molecule has 7 aromatic carbocycles. The third-order valence-corrected chi connectivity index (χ3v) is 10.7. The average molecular weight is 642 g/mol. The first-order chi connectivity index (χ1) is 24.3. The van der Waals surface area contributed by atoms with E-state index in [2.05, 4.69) is 158 Å². The molecule has 0 N–H and O–H groups in total. The van der Waals surface area contributed by atoms with Crippen molar-refractivity contribution in [2.24, 2.45) is 0 Å². The van der Waals surface area contributed by atoms with Gasteiger partial charge in [-0.25, -0.2) is 15.0 Å². The third-order valence-electron chi connectivity index (χ3n) is 9.48. The number of pyridine rings is 1.